The van der Waals surface area contributed by atoms with Crippen LogP contribution in [0.25, 0.3) is 16.9 Å². The Morgan fingerprint density at radius 3 is 2.73 bits per heavy atom. The maximum atomic E-state index is 13.5. The summed E-state index contributed by atoms with van der Waals surface area (Å²) in [5.74, 6) is -0.166. The van der Waals surface area contributed by atoms with Gasteiger partial charge in [0.15, 0.2) is 11.3 Å². The van der Waals surface area contributed by atoms with Crippen LogP contribution in [0, 0.1) is 5.82 Å². The molecule has 5 rings (SSSR count). The van der Waals surface area contributed by atoms with Gasteiger partial charge in [-0.05, 0) is 23.8 Å². The number of halogens is 1. The van der Waals surface area contributed by atoms with Crippen LogP contribution in [0.5, 0.6) is 0 Å². The number of hydrogen-bond donors (Lipinski definition) is 2. The van der Waals surface area contributed by atoms with Crippen LogP contribution in [0.1, 0.15) is 16.1 Å². The molecule has 5 aromatic rings. The monoisotopic (exact) mass is 441 g/mol. The quantitative estimate of drug-likeness (QED) is 0.413. The average Bonchev–Trinajstić information content (AvgIpc) is 3.49. The molecule has 8 nitrogen and oxygen atoms in total. The Kier molecular flexibility index (Phi) is 5.27. The predicted octanol–water partition coefficient (Wildman–Crippen LogP) is 4.15. The number of rotatable bonds is 6. The van der Waals surface area contributed by atoms with Gasteiger partial charge in [0.1, 0.15) is 11.6 Å². The molecule has 9 heteroatoms. The van der Waals surface area contributed by atoms with Gasteiger partial charge in [0, 0.05) is 43.2 Å². The summed E-state index contributed by atoms with van der Waals surface area (Å²) in [6, 6.07) is 19.3. The maximum Gasteiger partial charge on any atom is 0.276 e. The summed E-state index contributed by atoms with van der Waals surface area (Å²) in [5.41, 5.74) is 3.70. The van der Waals surface area contributed by atoms with Crippen molar-refractivity contribution in [2.75, 3.05) is 17.3 Å². The van der Waals surface area contributed by atoms with E-state index in [0.29, 0.717) is 17.9 Å². The molecule has 0 saturated heterocycles. The molecule has 0 aliphatic heterocycles. The number of nitrogens with one attached hydrogen (secondary N) is 2. The van der Waals surface area contributed by atoms with Crippen molar-refractivity contribution in [3.8, 4) is 11.3 Å². The number of carbonyl (C=O) groups is 1. The number of hydrogen-bond acceptors (Lipinski definition) is 5. The van der Waals surface area contributed by atoms with Crippen LogP contribution in [0.3, 0.4) is 0 Å². The normalized spacial score (nSPS) is 11.0. The third kappa shape index (κ3) is 4.29. The maximum absolute atomic E-state index is 13.5. The minimum Gasteiger partial charge on any atom is -0.355 e. The average molecular weight is 441 g/mol. The van der Waals surface area contributed by atoms with E-state index < -0.39 is 11.7 Å². The molecule has 0 spiro atoms. The van der Waals surface area contributed by atoms with Crippen LogP contribution in [0.2, 0.25) is 0 Å². The van der Waals surface area contributed by atoms with E-state index in [1.807, 2.05) is 36.2 Å². The zero-order valence-electron chi connectivity index (χ0n) is 17.7. The fourth-order valence-electron chi connectivity index (χ4n) is 3.56. The molecule has 0 unspecified atom stereocenters. The lowest BCUT2D eigenvalue weighted by Crippen LogP contribution is -2.18. The standard InChI is InChI=1S/C24H20FN7O/c1-31(15-16-6-3-2-4-7-16)22-12-21(17-13-26-27-14-17)32-23(29-22)11-20(30-32)24(33)28-19-9-5-8-18(25)10-19/h2-14H,15H2,1H3,(H,26,27)(H,28,33). The van der Waals surface area contributed by atoms with Gasteiger partial charge in [-0.1, -0.05) is 36.4 Å². The van der Waals surface area contributed by atoms with Gasteiger partial charge < -0.3 is 10.2 Å². The molecule has 3 aromatic heterocycles. The molecule has 1 amide bonds. The lowest BCUT2D eigenvalue weighted by molar-refractivity contribution is 0.102. The second kappa shape index (κ2) is 8.54. The fourth-order valence-corrected chi connectivity index (χ4v) is 3.56. The number of H-pyrrole nitrogens is 1. The molecule has 2 aromatic carbocycles. The van der Waals surface area contributed by atoms with E-state index in [2.05, 4.69) is 32.7 Å². The zero-order valence-corrected chi connectivity index (χ0v) is 17.7. The highest BCUT2D eigenvalue weighted by Crippen LogP contribution is 2.25. The summed E-state index contributed by atoms with van der Waals surface area (Å²) >= 11 is 0. The Morgan fingerprint density at radius 2 is 1.97 bits per heavy atom. The molecule has 0 saturated carbocycles. The summed E-state index contributed by atoms with van der Waals surface area (Å²) in [6.45, 7) is 0.663. The van der Waals surface area contributed by atoms with Crippen LogP contribution >= 0.6 is 0 Å². The van der Waals surface area contributed by atoms with Gasteiger partial charge in [-0.3, -0.25) is 9.89 Å². The number of carbonyl (C=O) groups excluding carboxylic acids is 1. The summed E-state index contributed by atoms with van der Waals surface area (Å²) < 4.78 is 15.1. The van der Waals surface area contributed by atoms with E-state index in [1.54, 1.807) is 29.0 Å². The van der Waals surface area contributed by atoms with Gasteiger partial charge in [-0.15, -0.1) is 0 Å². The summed E-state index contributed by atoms with van der Waals surface area (Å²) in [5, 5.41) is 14.0. The van der Waals surface area contributed by atoms with Crippen molar-refractivity contribution in [3.05, 3.63) is 96.2 Å². The summed E-state index contributed by atoms with van der Waals surface area (Å²) in [7, 11) is 1.96. The van der Waals surface area contributed by atoms with Crippen molar-refractivity contribution >= 4 is 23.1 Å². The first-order valence-electron chi connectivity index (χ1n) is 10.3. The molecule has 0 bridgehead atoms. The Labute approximate surface area is 188 Å². The second-order valence-electron chi connectivity index (χ2n) is 7.59. The van der Waals surface area contributed by atoms with Gasteiger partial charge in [0.2, 0.25) is 0 Å². The second-order valence-corrected chi connectivity index (χ2v) is 7.59. The summed E-state index contributed by atoms with van der Waals surface area (Å²) in [6.07, 6.45) is 3.44. The first kappa shape index (κ1) is 20.4. The largest absolute Gasteiger partial charge is 0.355 e. The Bertz CT molecular complexity index is 1410. The van der Waals surface area contributed by atoms with E-state index in [9.17, 15) is 9.18 Å². The first-order valence-corrected chi connectivity index (χ1v) is 10.3. The minimum absolute atomic E-state index is 0.166. The number of nitrogens with zero attached hydrogens (tertiary/aromatic N) is 5. The molecule has 2 N–H and O–H groups in total. The molecule has 3 heterocycles. The molecule has 33 heavy (non-hydrogen) atoms. The zero-order chi connectivity index (χ0) is 22.8. The topological polar surface area (TPSA) is 91.2 Å². The number of benzene rings is 2. The van der Waals surface area contributed by atoms with Crippen LogP contribution in [0.15, 0.2) is 79.1 Å². The van der Waals surface area contributed by atoms with Gasteiger partial charge in [0.05, 0.1) is 11.9 Å². The van der Waals surface area contributed by atoms with Crippen molar-refractivity contribution in [3.63, 3.8) is 0 Å². The van der Waals surface area contributed by atoms with E-state index in [4.69, 9.17) is 4.98 Å². The highest BCUT2D eigenvalue weighted by atomic mass is 19.1. The Balaban J connectivity index is 1.52. The minimum atomic E-state index is -0.455. The molecule has 0 atom stereocenters. The van der Waals surface area contributed by atoms with Crippen LogP contribution in [-0.2, 0) is 6.54 Å². The Hall–Kier alpha value is -4.53. The van der Waals surface area contributed by atoms with E-state index in [0.717, 1.165) is 22.6 Å². The van der Waals surface area contributed by atoms with Gasteiger partial charge in [0.25, 0.3) is 5.91 Å². The third-order valence-corrected chi connectivity index (χ3v) is 5.18. The predicted molar refractivity (Wildman–Crippen MR) is 123 cm³/mol. The Morgan fingerprint density at radius 1 is 1.12 bits per heavy atom. The summed E-state index contributed by atoms with van der Waals surface area (Å²) in [4.78, 5) is 19.5. The van der Waals surface area contributed by atoms with Gasteiger partial charge in [-0.2, -0.15) is 10.2 Å². The molecule has 0 aliphatic carbocycles. The highest BCUT2D eigenvalue weighted by Gasteiger charge is 2.18. The van der Waals surface area contributed by atoms with Crippen molar-refractivity contribution in [1.82, 2.24) is 24.8 Å². The molecule has 0 aliphatic rings. The van der Waals surface area contributed by atoms with Crippen molar-refractivity contribution in [2.24, 2.45) is 0 Å². The number of aromatic nitrogens is 5. The highest BCUT2D eigenvalue weighted by molar-refractivity contribution is 6.03. The molecular weight excluding hydrogens is 421 g/mol. The van der Waals surface area contributed by atoms with E-state index in [-0.39, 0.29) is 5.69 Å². The smallest absolute Gasteiger partial charge is 0.276 e. The number of amides is 1. The van der Waals surface area contributed by atoms with Crippen LogP contribution in [-0.4, -0.2) is 37.8 Å². The van der Waals surface area contributed by atoms with Crippen molar-refractivity contribution in [2.45, 2.75) is 6.54 Å². The number of fused-ring (bicyclic) bond motifs is 1. The van der Waals surface area contributed by atoms with Crippen LogP contribution in [0.4, 0.5) is 15.9 Å². The van der Waals surface area contributed by atoms with E-state index in [1.165, 1.54) is 18.2 Å². The number of aromatic amines is 1. The molecule has 164 valence electrons. The van der Waals surface area contributed by atoms with Crippen LogP contribution < -0.4 is 10.2 Å². The molecular formula is C24H20FN7O. The van der Waals surface area contributed by atoms with Crippen molar-refractivity contribution in [1.29, 1.82) is 0 Å². The first-order chi connectivity index (χ1) is 16.1. The van der Waals surface area contributed by atoms with Gasteiger partial charge in [-0.25, -0.2) is 13.9 Å². The van der Waals surface area contributed by atoms with Gasteiger partial charge >= 0.3 is 0 Å². The number of anilines is 2. The third-order valence-electron chi connectivity index (χ3n) is 5.18. The lowest BCUT2D eigenvalue weighted by atomic mass is 10.2. The van der Waals surface area contributed by atoms with E-state index >= 15 is 0 Å². The molecule has 0 fully saturated rings. The SMILES string of the molecule is CN(Cc1ccccc1)c1cc(-c2cn[nH]c2)n2nc(C(=O)Nc3cccc(F)c3)cc2n1. The molecule has 0 radical (unpaired) electrons. The fraction of sp³-hybridized carbons (Fsp3) is 0.0833. The van der Waals surface area contributed by atoms with Crippen molar-refractivity contribution < 1.29 is 9.18 Å². The lowest BCUT2D eigenvalue weighted by Gasteiger charge is -2.19.